The molecule has 0 spiro atoms. The van der Waals surface area contributed by atoms with Gasteiger partial charge in [-0.2, -0.15) is 0 Å². The molecule has 3 aromatic rings. The molecule has 0 unspecified atom stereocenters. The smallest absolute Gasteiger partial charge is 0.0492 e. The van der Waals surface area contributed by atoms with Crippen molar-refractivity contribution in [2.75, 3.05) is 5.32 Å². The number of rotatable bonds is 0. The van der Waals surface area contributed by atoms with Crippen LogP contribution in [-0.2, 0) is 0 Å². The number of anilines is 2. The topological polar surface area (TPSA) is 12.0 Å². The van der Waals surface area contributed by atoms with Gasteiger partial charge >= 0.3 is 0 Å². The minimum absolute atomic E-state index is 1.35. The van der Waals surface area contributed by atoms with Crippen LogP contribution in [0.15, 0.2) is 12.1 Å². The monoisotopic (exact) mass is 113 g/mol. The first kappa shape index (κ1) is 3.06. The zero-order chi connectivity index (χ0) is 5.59. The Kier molecular flexibility index (Phi) is 0.195. The van der Waals surface area contributed by atoms with Crippen molar-refractivity contribution in [3.05, 3.63) is 12.1 Å². The van der Waals surface area contributed by atoms with Gasteiger partial charge in [0.1, 0.15) is 0 Å². The molecule has 0 aromatic heterocycles. The second-order valence-electron chi connectivity index (χ2n) is 2.82. The van der Waals surface area contributed by atoms with Crippen LogP contribution in [0, 0.1) is 0 Å². The fourth-order valence-corrected chi connectivity index (χ4v) is 1.91. The van der Waals surface area contributed by atoms with Crippen LogP contribution in [0.1, 0.15) is 0 Å². The molecule has 0 aliphatic carbocycles. The summed E-state index contributed by atoms with van der Waals surface area (Å²) in [5.41, 5.74) is 2.71. The van der Waals surface area contributed by atoms with Crippen LogP contribution in [0.25, 0.3) is 21.5 Å². The maximum absolute atomic E-state index is 3.28. The van der Waals surface area contributed by atoms with Gasteiger partial charge in [-0.25, -0.2) is 0 Å². The van der Waals surface area contributed by atoms with Crippen molar-refractivity contribution in [3.8, 4) is 0 Å². The third-order valence-corrected chi connectivity index (χ3v) is 2.40. The van der Waals surface area contributed by atoms with Gasteiger partial charge in [0.25, 0.3) is 0 Å². The van der Waals surface area contributed by atoms with Crippen LogP contribution >= 0.6 is 0 Å². The lowest BCUT2D eigenvalue weighted by Crippen LogP contribution is -1.94. The molecule has 0 amide bonds. The fourth-order valence-electron chi connectivity index (χ4n) is 1.91. The Balaban J connectivity index is 2.77. The lowest BCUT2D eigenvalue weighted by Gasteiger charge is -2.12. The molecule has 4 rings (SSSR count). The van der Waals surface area contributed by atoms with Crippen LogP contribution in [0.2, 0.25) is 0 Å². The Labute approximate surface area is 51.3 Å². The summed E-state index contributed by atoms with van der Waals surface area (Å²) < 4.78 is 0. The summed E-state index contributed by atoms with van der Waals surface area (Å²) in [6.45, 7) is 0. The van der Waals surface area contributed by atoms with E-state index < -0.39 is 0 Å². The molecule has 1 heterocycles. The third-order valence-electron chi connectivity index (χ3n) is 2.40. The number of benzene rings is 2. The molecule has 9 heavy (non-hydrogen) atoms. The van der Waals surface area contributed by atoms with Crippen molar-refractivity contribution in [1.29, 1.82) is 0 Å². The van der Waals surface area contributed by atoms with E-state index in [2.05, 4.69) is 17.4 Å². The largest absolute Gasteiger partial charge is 0.354 e. The molecular weight excluding hydrogens is 110 g/mol. The van der Waals surface area contributed by atoms with E-state index in [1.54, 1.807) is 5.39 Å². The fraction of sp³-hybridized carbons (Fsp3) is 0. The molecule has 0 saturated heterocycles. The van der Waals surface area contributed by atoms with Crippen molar-refractivity contribution < 1.29 is 0 Å². The highest BCUT2D eigenvalue weighted by Crippen LogP contribution is 2.58. The highest BCUT2D eigenvalue weighted by molar-refractivity contribution is 6.45. The molecule has 0 fully saturated rings. The molecule has 3 aromatic carbocycles. The highest BCUT2D eigenvalue weighted by atomic mass is 15.0. The van der Waals surface area contributed by atoms with Gasteiger partial charge in [-0.3, -0.25) is 0 Å². The molecule has 40 valence electrons. The second kappa shape index (κ2) is 0.574. The molecule has 1 nitrogen and oxygen atoms in total. The number of hydrogen-bond acceptors (Lipinski definition) is 1. The van der Waals surface area contributed by atoms with Gasteiger partial charge in [-0.05, 0) is 22.9 Å². The number of fused-ring (bicyclic) bond motifs is 1. The number of nitrogens with one attached hydrogen (secondary N) is 1. The molecule has 0 saturated carbocycles. The molecule has 0 atom stereocenters. The summed E-state index contributed by atoms with van der Waals surface area (Å²) in [6, 6.07) is 4.49. The minimum atomic E-state index is 1.35. The van der Waals surface area contributed by atoms with Crippen LogP contribution in [0.3, 0.4) is 0 Å². The van der Waals surface area contributed by atoms with E-state index in [-0.39, 0.29) is 0 Å². The molecule has 0 bridgehead atoms. The standard InChI is InChI=1S/C8H3N/c1-3-4-2-6-8(7(3)4)5(1)9-6/h1-2,9H. The van der Waals surface area contributed by atoms with Crippen molar-refractivity contribution in [2.45, 2.75) is 0 Å². The van der Waals surface area contributed by atoms with Crippen LogP contribution in [0.5, 0.6) is 0 Å². The zero-order valence-electron chi connectivity index (χ0n) is 4.65. The van der Waals surface area contributed by atoms with Gasteiger partial charge < -0.3 is 5.32 Å². The van der Waals surface area contributed by atoms with Crippen molar-refractivity contribution in [3.63, 3.8) is 0 Å². The van der Waals surface area contributed by atoms with Crippen LogP contribution in [0.4, 0.5) is 11.4 Å². The molecular formula is C8H3N. The van der Waals surface area contributed by atoms with E-state index in [0.29, 0.717) is 0 Å². The number of hydrogen-bond donors (Lipinski definition) is 1. The van der Waals surface area contributed by atoms with E-state index in [9.17, 15) is 0 Å². The van der Waals surface area contributed by atoms with Crippen molar-refractivity contribution >= 4 is 32.9 Å². The van der Waals surface area contributed by atoms with Gasteiger partial charge in [0.15, 0.2) is 0 Å². The van der Waals surface area contributed by atoms with Gasteiger partial charge in [-0.1, -0.05) is 0 Å². The molecule has 1 aliphatic heterocycles. The Hall–Kier alpha value is -1.24. The predicted octanol–water partition coefficient (Wildman–Crippen LogP) is 2.36. The van der Waals surface area contributed by atoms with Gasteiger partial charge in [0, 0.05) is 22.1 Å². The lowest BCUT2D eigenvalue weighted by molar-refractivity contribution is 1.64. The average Bonchev–Trinajstić information content (AvgIpc) is 2.33. The van der Waals surface area contributed by atoms with E-state index in [0.717, 1.165) is 0 Å². The Morgan fingerprint density at radius 2 is 1.56 bits per heavy atom. The maximum Gasteiger partial charge on any atom is 0.0492 e. The van der Waals surface area contributed by atoms with Crippen LogP contribution in [-0.4, -0.2) is 0 Å². The van der Waals surface area contributed by atoms with Crippen molar-refractivity contribution in [2.24, 2.45) is 0 Å². The van der Waals surface area contributed by atoms with Crippen molar-refractivity contribution in [1.82, 2.24) is 0 Å². The first-order chi connectivity index (χ1) is 4.45. The Morgan fingerprint density at radius 3 is 2.11 bits per heavy atom. The SMILES string of the molecule is c1c2c3c(cc4c1c34)N2. The summed E-state index contributed by atoms with van der Waals surface area (Å²) in [5.74, 6) is 0. The van der Waals surface area contributed by atoms with Gasteiger partial charge in [0.05, 0.1) is 0 Å². The van der Waals surface area contributed by atoms with Gasteiger partial charge in [-0.15, -0.1) is 0 Å². The average molecular weight is 113 g/mol. The Morgan fingerprint density at radius 1 is 0.889 bits per heavy atom. The molecule has 0 radical (unpaired) electrons. The maximum atomic E-state index is 3.28. The van der Waals surface area contributed by atoms with E-state index in [1.807, 2.05) is 0 Å². The zero-order valence-corrected chi connectivity index (χ0v) is 4.65. The quantitative estimate of drug-likeness (QED) is 0.369. The third kappa shape index (κ3) is 0.143. The normalized spacial score (nSPS) is 15.6. The minimum Gasteiger partial charge on any atom is -0.354 e. The molecule has 1 N–H and O–H groups in total. The predicted molar refractivity (Wildman–Crippen MR) is 38.3 cm³/mol. The Bertz CT molecular complexity index is 442. The van der Waals surface area contributed by atoms with E-state index in [4.69, 9.17) is 0 Å². The van der Waals surface area contributed by atoms with Crippen LogP contribution < -0.4 is 5.32 Å². The summed E-state index contributed by atoms with van der Waals surface area (Å²) in [4.78, 5) is 0. The molecule has 1 heteroatoms. The molecule has 1 aliphatic rings. The highest BCUT2D eigenvalue weighted by Gasteiger charge is 2.30. The lowest BCUT2D eigenvalue weighted by atomic mass is 10.2. The van der Waals surface area contributed by atoms with E-state index >= 15 is 0 Å². The first-order valence-corrected chi connectivity index (χ1v) is 3.15. The summed E-state index contributed by atoms with van der Waals surface area (Å²) in [5, 5.41) is 9.31. The summed E-state index contributed by atoms with van der Waals surface area (Å²) in [7, 11) is 0. The summed E-state index contributed by atoms with van der Waals surface area (Å²) >= 11 is 0. The van der Waals surface area contributed by atoms with E-state index in [1.165, 1.54) is 27.5 Å². The van der Waals surface area contributed by atoms with Gasteiger partial charge in [0.2, 0.25) is 0 Å². The second-order valence-corrected chi connectivity index (χ2v) is 2.82. The first-order valence-electron chi connectivity index (χ1n) is 3.15. The summed E-state index contributed by atoms with van der Waals surface area (Å²) in [6.07, 6.45) is 0.